The lowest BCUT2D eigenvalue weighted by Gasteiger charge is -2.10. The van der Waals surface area contributed by atoms with Gasteiger partial charge in [-0.05, 0) is 12.8 Å². The second-order valence-corrected chi connectivity index (χ2v) is 3.23. The summed E-state index contributed by atoms with van der Waals surface area (Å²) in [6, 6.07) is 0. The number of hydrogen-bond donors (Lipinski definition) is 0. The molecule has 1 fully saturated rings. The van der Waals surface area contributed by atoms with E-state index in [0.717, 1.165) is 26.1 Å². The molecule has 0 unspecified atom stereocenters. The number of unbranched alkanes of at least 4 members (excludes halogenated alkanes) is 1. The fourth-order valence-corrected chi connectivity index (χ4v) is 1.29. The maximum atomic E-state index is 5.32. The average Bonchev–Trinajstić information content (AvgIpc) is 2.53. The van der Waals surface area contributed by atoms with Crippen molar-refractivity contribution in [2.24, 2.45) is 0 Å². The van der Waals surface area contributed by atoms with Crippen LogP contribution in [-0.2, 0) is 9.47 Å². The molecule has 1 saturated heterocycles. The highest BCUT2D eigenvalue weighted by molar-refractivity contribution is 4.95. The Balaban J connectivity index is 2.08. The standard InChI is InChI=1S/C10H18O2/c1-3-4-5-9(2)8-10-11-6-7-12-10/h10H,2-8H2,1H3. The summed E-state index contributed by atoms with van der Waals surface area (Å²) in [6.45, 7) is 7.67. The van der Waals surface area contributed by atoms with Gasteiger partial charge in [0.2, 0.25) is 0 Å². The Kier molecular flexibility index (Phi) is 4.33. The third-order valence-corrected chi connectivity index (χ3v) is 2.03. The highest BCUT2D eigenvalue weighted by Crippen LogP contribution is 2.16. The molecule has 0 bridgehead atoms. The van der Waals surface area contributed by atoms with Gasteiger partial charge in [0.25, 0.3) is 0 Å². The Bertz CT molecular complexity index is 137. The molecule has 0 saturated carbocycles. The molecule has 0 atom stereocenters. The van der Waals surface area contributed by atoms with E-state index in [1.807, 2.05) is 0 Å². The van der Waals surface area contributed by atoms with E-state index in [-0.39, 0.29) is 6.29 Å². The van der Waals surface area contributed by atoms with E-state index in [4.69, 9.17) is 9.47 Å². The van der Waals surface area contributed by atoms with E-state index in [0.29, 0.717) is 0 Å². The van der Waals surface area contributed by atoms with Gasteiger partial charge in [-0.15, -0.1) is 0 Å². The molecular formula is C10H18O2. The minimum atomic E-state index is -0.00523. The highest BCUT2D eigenvalue weighted by atomic mass is 16.7. The Morgan fingerprint density at radius 3 is 2.67 bits per heavy atom. The van der Waals surface area contributed by atoms with Crippen molar-refractivity contribution in [1.82, 2.24) is 0 Å². The van der Waals surface area contributed by atoms with Gasteiger partial charge >= 0.3 is 0 Å². The van der Waals surface area contributed by atoms with Gasteiger partial charge in [0.1, 0.15) is 0 Å². The fraction of sp³-hybridized carbons (Fsp3) is 0.800. The van der Waals surface area contributed by atoms with Gasteiger partial charge in [-0.25, -0.2) is 0 Å². The first-order chi connectivity index (χ1) is 5.83. The Morgan fingerprint density at radius 2 is 2.08 bits per heavy atom. The van der Waals surface area contributed by atoms with Crippen molar-refractivity contribution >= 4 is 0 Å². The molecule has 1 aliphatic heterocycles. The molecule has 0 aliphatic carbocycles. The highest BCUT2D eigenvalue weighted by Gasteiger charge is 2.16. The summed E-state index contributed by atoms with van der Waals surface area (Å²) in [4.78, 5) is 0. The summed E-state index contributed by atoms with van der Waals surface area (Å²) in [5.74, 6) is 0. The summed E-state index contributed by atoms with van der Waals surface area (Å²) < 4.78 is 10.6. The maximum absolute atomic E-state index is 5.32. The summed E-state index contributed by atoms with van der Waals surface area (Å²) in [5.41, 5.74) is 1.25. The van der Waals surface area contributed by atoms with E-state index in [9.17, 15) is 0 Å². The Labute approximate surface area is 74.6 Å². The molecule has 1 aliphatic rings. The molecule has 0 radical (unpaired) electrons. The van der Waals surface area contributed by atoms with Crippen molar-refractivity contribution < 1.29 is 9.47 Å². The van der Waals surface area contributed by atoms with E-state index in [1.165, 1.54) is 18.4 Å². The zero-order valence-corrected chi connectivity index (χ0v) is 7.84. The molecule has 0 aromatic heterocycles. The van der Waals surface area contributed by atoms with Gasteiger partial charge in [0.15, 0.2) is 6.29 Å². The predicted octanol–water partition coefficient (Wildman–Crippen LogP) is 2.50. The van der Waals surface area contributed by atoms with Crippen molar-refractivity contribution in [3.63, 3.8) is 0 Å². The fourth-order valence-electron chi connectivity index (χ4n) is 1.29. The van der Waals surface area contributed by atoms with Crippen molar-refractivity contribution in [2.45, 2.75) is 38.9 Å². The number of rotatable bonds is 5. The molecule has 0 aromatic carbocycles. The van der Waals surface area contributed by atoms with Crippen LogP contribution in [0, 0.1) is 0 Å². The first-order valence-electron chi connectivity index (χ1n) is 4.72. The van der Waals surface area contributed by atoms with Crippen LogP contribution in [-0.4, -0.2) is 19.5 Å². The van der Waals surface area contributed by atoms with Crippen molar-refractivity contribution in [1.29, 1.82) is 0 Å². The summed E-state index contributed by atoms with van der Waals surface area (Å²) in [5, 5.41) is 0. The van der Waals surface area contributed by atoms with E-state index in [2.05, 4.69) is 13.5 Å². The van der Waals surface area contributed by atoms with Gasteiger partial charge in [0, 0.05) is 6.42 Å². The molecule has 1 heterocycles. The van der Waals surface area contributed by atoms with Gasteiger partial charge in [0.05, 0.1) is 13.2 Å². The van der Waals surface area contributed by atoms with Crippen LogP contribution in [0.5, 0.6) is 0 Å². The molecule has 2 heteroatoms. The molecule has 2 nitrogen and oxygen atoms in total. The largest absolute Gasteiger partial charge is 0.350 e. The topological polar surface area (TPSA) is 18.5 Å². The monoisotopic (exact) mass is 170 g/mol. The van der Waals surface area contributed by atoms with E-state index >= 15 is 0 Å². The van der Waals surface area contributed by atoms with Crippen molar-refractivity contribution in [3.8, 4) is 0 Å². The molecule has 0 aromatic rings. The number of hydrogen-bond acceptors (Lipinski definition) is 2. The van der Waals surface area contributed by atoms with Gasteiger partial charge in [-0.1, -0.05) is 25.5 Å². The van der Waals surface area contributed by atoms with Crippen LogP contribution in [0.1, 0.15) is 32.6 Å². The normalized spacial score (nSPS) is 18.4. The lowest BCUT2D eigenvalue weighted by molar-refractivity contribution is -0.0403. The lowest BCUT2D eigenvalue weighted by Crippen LogP contribution is -2.08. The van der Waals surface area contributed by atoms with E-state index in [1.54, 1.807) is 0 Å². The van der Waals surface area contributed by atoms with Crippen molar-refractivity contribution in [3.05, 3.63) is 12.2 Å². The first kappa shape index (κ1) is 9.75. The molecule has 0 amide bonds. The third-order valence-electron chi connectivity index (χ3n) is 2.03. The zero-order chi connectivity index (χ0) is 8.81. The Hall–Kier alpha value is -0.340. The van der Waals surface area contributed by atoms with Crippen LogP contribution < -0.4 is 0 Å². The van der Waals surface area contributed by atoms with Crippen LogP contribution >= 0.6 is 0 Å². The van der Waals surface area contributed by atoms with Crippen molar-refractivity contribution in [2.75, 3.05) is 13.2 Å². The second-order valence-electron chi connectivity index (χ2n) is 3.23. The number of ether oxygens (including phenoxy) is 2. The minimum absolute atomic E-state index is 0.00523. The molecule has 0 spiro atoms. The van der Waals surface area contributed by atoms with Crippen LogP contribution in [0.3, 0.4) is 0 Å². The Morgan fingerprint density at radius 1 is 1.42 bits per heavy atom. The van der Waals surface area contributed by atoms with Gasteiger partial charge in [-0.2, -0.15) is 0 Å². The van der Waals surface area contributed by atoms with Crippen LogP contribution in [0.4, 0.5) is 0 Å². The lowest BCUT2D eigenvalue weighted by atomic mass is 10.1. The minimum Gasteiger partial charge on any atom is -0.350 e. The maximum Gasteiger partial charge on any atom is 0.161 e. The smallest absolute Gasteiger partial charge is 0.161 e. The van der Waals surface area contributed by atoms with Gasteiger partial charge in [-0.3, -0.25) is 0 Å². The molecule has 0 N–H and O–H groups in total. The second kappa shape index (κ2) is 5.33. The molecule has 1 rings (SSSR count). The van der Waals surface area contributed by atoms with E-state index < -0.39 is 0 Å². The van der Waals surface area contributed by atoms with Gasteiger partial charge < -0.3 is 9.47 Å². The summed E-state index contributed by atoms with van der Waals surface area (Å²) in [6.07, 6.45) is 4.44. The van der Waals surface area contributed by atoms with Crippen LogP contribution in [0.15, 0.2) is 12.2 Å². The SMILES string of the molecule is C=C(CCCC)CC1OCCO1. The summed E-state index contributed by atoms with van der Waals surface area (Å²) >= 11 is 0. The molecule has 70 valence electrons. The average molecular weight is 170 g/mol. The first-order valence-corrected chi connectivity index (χ1v) is 4.72. The quantitative estimate of drug-likeness (QED) is 0.590. The molecular weight excluding hydrogens is 152 g/mol. The third kappa shape index (κ3) is 3.37. The predicted molar refractivity (Wildman–Crippen MR) is 49.0 cm³/mol. The summed E-state index contributed by atoms with van der Waals surface area (Å²) in [7, 11) is 0. The zero-order valence-electron chi connectivity index (χ0n) is 7.84. The van der Waals surface area contributed by atoms with Crippen LogP contribution in [0.25, 0.3) is 0 Å². The molecule has 12 heavy (non-hydrogen) atoms. The van der Waals surface area contributed by atoms with Crippen LogP contribution in [0.2, 0.25) is 0 Å².